The molecular weight excluding hydrogens is 264 g/mol. The van der Waals surface area contributed by atoms with E-state index in [-0.39, 0.29) is 0 Å². The number of hydrogen-bond acceptors (Lipinski definition) is 3. The molecule has 4 nitrogen and oxygen atoms in total. The highest BCUT2D eigenvalue weighted by Gasteiger charge is 2.36. The molecule has 0 aliphatic carbocycles. The van der Waals surface area contributed by atoms with Crippen molar-refractivity contribution in [3.05, 3.63) is 29.8 Å². The van der Waals surface area contributed by atoms with E-state index in [0.29, 0.717) is 19.0 Å². The number of aliphatic carboxylic acids is 1. The lowest BCUT2D eigenvalue weighted by Gasteiger charge is -2.40. The smallest absolute Gasteiger partial charge is 0.325 e. The zero-order valence-corrected chi connectivity index (χ0v) is 13.2. The first kappa shape index (κ1) is 15.8. The number of hydrogen-bond donors (Lipinski definition) is 2. The lowest BCUT2D eigenvalue weighted by Crippen LogP contribution is -2.58. The van der Waals surface area contributed by atoms with Gasteiger partial charge in [0.15, 0.2) is 0 Å². The summed E-state index contributed by atoms with van der Waals surface area (Å²) in [4.78, 5) is 13.9. The summed E-state index contributed by atoms with van der Waals surface area (Å²) in [5.74, 6) is -0.240. The van der Waals surface area contributed by atoms with E-state index in [2.05, 4.69) is 35.3 Å². The maximum Gasteiger partial charge on any atom is 0.325 e. The van der Waals surface area contributed by atoms with E-state index in [1.807, 2.05) is 13.0 Å². The molecule has 0 saturated carbocycles. The highest BCUT2D eigenvalue weighted by molar-refractivity contribution is 5.79. The molecule has 1 aromatic carbocycles. The molecule has 1 aliphatic rings. The molecule has 0 fully saturated rings. The molecule has 116 valence electrons. The Hall–Kier alpha value is -1.55. The number of anilines is 1. The highest BCUT2D eigenvalue weighted by atomic mass is 16.4. The minimum absolute atomic E-state index is 0.490. The molecule has 2 rings (SSSR count). The second-order valence-corrected chi connectivity index (χ2v) is 6.38. The van der Waals surface area contributed by atoms with Gasteiger partial charge in [-0.1, -0.05) is 32.0 Å². The van der Waals surface area contributed by atoms with E-state index in [9.17, 15) is 9.90 Å². The maximum atomic E-state index is 11.7. The van der Waals surface area contributed by atoms with Gasteiger partial charge in [-0.2, -0.15) is 0 Å². The summed E-state index contributed by atoms with van der Waals surface area (Å²) in [6.45, 7) is 8.17. The van der Waals surface area contributed by atoms with Crippen LogP contribution >= 0.6 is 0 Å². The van der Waals surface area contributed by atoms with Gasteiger partial charge in [0.05, 0.1) is 0 Å². The van der Waals surface area contributed by atoms with Crippen LogP contribution in [0.4, 0.5) is 5.69 Å². The molecule has 2 atom stereocenters. The van der Waals surface area contributed by atoms with Crippen LogP contribution in [-0.2, 0) is 11.2 Å². The fourth-order valence-corrected chi connectivity index (χ4v) is 3.04. The molecular formula is C17H26N2O2. The Morgan fingerprint density at radius 3 is 2.86 bits per heavy atom. The molecule has 0 radical (unpaired) electrons. The van der Waals surface area contributed by atoms with Crippen molar-refractivity contribution < 1.29 is 9.90 Å². The van der Waals surface area contributed by atoms with Gasteiger partial charge in [0, 0.05) is 18.8 Å². The average molecular weight is 290 g/mol. The van der Waals surface area contributed by atoms with Gasteiger partial charge in [0.1, 0.15) is 5.54 Å². The van der Waals surface area contributed by atoms with Crippen molar-refractivity contribution in [2.45, 2.75) is 39.2 Å². The zero-order valence-electron chi connectivity index (χ0n) is 13.2. The Kier molecular flexibility index (Phi) is 4.88. The van der Waals surface area contributed by atoms with Crippen LogP contribution in [0.25, 0.3) is 0 Å². The number of nitrogens with zero attached hydrogens (tertiary/aromatic N) is 1. The van der Waals surface area contributed by atoms with Crippen LogP contribution in [0.15, 0.2) is 24.3 Å². The van der Waals surface area contributed by atoms with Gasteiger partial charge in [-0.3, -0.25) is 4.79 Å². The fraction of sp³-hybridized carbons (Fsp3) is 0.588. The number of para-hydroxylation sites is 1. The van der Waals surface area contributed by atoms with Crippen molar-refractivity contribution in [2.24, 2.45) is 5.92 Å². The first-order valence-electron chi connectivity index (χ1n) is 7.77. The number of carbonyl (C=O) groups is 1. The van der Waals surface area contributed by atoms with E-state index in [1.54, 1.807) is 6.92 Å². The van der Waals surface area contributed by atoms with Crippen LogP contribution in [0.1, 0.15) is 32.8 Å². The number of rotatable bonds is 6. The second kappa shape index (κ2) is 6.48. The van der Waals surface area contributed by atoms with Crippen molar-refractivity contribution in [1.82, 2.24) is 5.32 Å². The summed E-state index contributed by atoms with van der Waals surface area (Å²) >= 11 is 0. The molecule has 1 aromatic rings. The third-order valence-corrected chi connectivity index (χ3v) is 4.18. The van der Waals surface area contributed by atoms with E-state index < -0.39 is 11.5 Å². The third-order valence-electron chi connectivity index (χ3n) is 4.18. The van der Waals surface area contributed by atoms with Crippen LogP contribution in [0.5, 0.6) is 0 Å². The summed E-state index contributed by atoms with van der Waals surface area (Å²) < 4.78 is 0. The van der Waals surface area contributed by atoms with Crippen LogP contribution < -0.4 is 10.2 Å². The summed E-state index contributed by atoms with van der Waals surface area (Å²) in [5, 5.41) is 12.8. The van der Waals surface area contributed by atoms with Gasteiger partial charge in [-0.15, -0.1) is 0 Å². The third kappa shape index (κ3) is 3.56. The van der Waals surface area contributed by atoms with Crippen molar-refractivity contribution in [3.8, 4) is 0 Å². The van der Waals surface area contributed by atoms with Gasteiger partial charge in [-0.05, 0) is 43.9 Å². The lowest BCUT2D eigenvalue weighted by atomic mass is 9.91. The molecule has 0 bridgehead atoms. The zero-order chi connectivity index (χ0) is 15.5. The molecule has 1 heterocycles. The second-order valence-electron chi connectivity index (χ2n) is 6.38. The molecule has 2 unspecified atom stereocenters. The molecule has 2 N–H and O–H groups in total. The highest BCUT2D eigenvalue weighted by Crippen LogP contribution is 2.30. The van der Waals surface area contributed by atoms with Crippen molar-refractivity contribution >= 4 is 11.7 Å². The van der Waals surface area contributed by atoms with Gasteiger partial charge < -0.3 is 15.3 Å². The Bertz CT molecular complexity index is 503. The minimum atomic E-state index is -0.916. The number of carboxylic acids is 1. The maximum absolute atomic E-state index is 11.7. The Morgan fingerprint density at radius 1 is 1.48 bits per heavy atom. The Morgan fingerprint density at radius 2 is 2.19 bits per heavy atom. The van der Waals surface area contributed by atoms with Crippen LogP contribution in [0.3, 0.4) is 0 Å². The first-order chi connectivity index (χ1) is 9.96. The van der Waals surface area contributed by atoms with Crippen molar-refractivity contribution in [2.75, 3.05) is 24.5 Å². The Balaban J connectivity index is 2.23. The fourth-order valence-electron chi connectivity index (χ4n) is 3.04. The van der Waals surface area contributed by atoms with Gasteiger partial charge in [0.25, 0.3) is 0 Å². The van der Waals surface area contributed by atoms with E-state index in [4.69, 9.17) is 0 Å². The molecule has 0 amide bonds. The number of carboxylic acid groups (broad SMARTS) is 1. The van der Waals surface area contributed by atoms with Crippen LogP contribution in [-0.4, -0.2) is 36.2 Å². The molecule has 0 aromatic heterocycles. The first-order valence-corrected chi connectivity index (χ1v) is 7.77. The standard InChI is InChI=1S/C17H26N2O2/c1-4-9-18-17(3,16(20)21)12-19-11-13(2)10-14-7-5-6-8-15(14)19/h5-8,13,18H,4,9-12H2,1-3H3,(H,20,21). The van der Waals surface area contributed by atoms with Crippen molar-refractivity contribution in [1.29, 1.82) is 0 Å². The Labute approximate surface area is 127 Å². The molecule has 21 heavy (non-hydrogen) atoms. The summed E-state index contributed by atoms with van der Waals surface area (Å²) in [7, 11) is 0. The summed E-state index contributed by atoms with van der Waals surface area (Å²) in [6, 6.07) is 8.33. The topological polar surface area (TPSA) is 52.6 Å². The minimum Gasteiger partial charge on any atom is -0.480 e. The number of fused-ring (bicyclic) bond motifs is 1. The monoisotopic (exact) mass is 290 g/mol. The predicted octanol–water partition coefficient (Wildman–Crippen LogP) is 2.53. The number of benzene rings is 1. The van der Waals surface area contributed by atoms with Crippen LogP contribution in [0.2, 0.25) is 0 Å². The van der Waals surface area contributed by atoms with Crippen LogP contribution in [0, 0.1) is 5.92 Å². The van der Waals surface area contributed by atoms with E-state index in [1.165, 1.54) is 11.3 Å². The molecule has 4 heteroatoms. The molecule has 1 aliphatic heterocycles. The average Bonchev–Trinajstić information content (AvgIpc) is 2.44. The van der Waals surface area contributed by atoms with Gasteiger partial charge in [0.2, 0.25) is 0 Å². The largest absolute Gasteiger partial charge is 0.480 e. The number of nitrogens with one attached hydrogen (secondary N) is 1. The van der Waals surface area contributed by atoms with E-state index in [0.717, 1.165) is 19.4 Å². The summed E-state index contributed by atoms with van der Waals surface area (Å²) in [5.41, 5.74) is 1.58. The van der Waals surface area contributed by atoms with Gasteiger partial charge in [-0.25, -0.2) is 0 Å². The van der Waals surface area contributed by atoms with Gasteiger partial charge >= 0.3 is 5.97 Å². The van der Waals surface area contributed by atoms with Crippen molar-refractivity contribution in [3.63, 3.8) is 0 Å². The predicted molar refractivity (Wildman–Crippen MR) is 85.9 cm³/mol. The lowest BCUT2D eigenvalue weighted by molar-refractivity contribution is -0.143. The normalized spacial score (nSPS) is 20.7. The molecule has 0 saturated heterocycles. The van der Waals surface area contributed by atoms with E-state index >= 15 is 0 Å². The SMILES string of the molecule is CCCNC(C)(CN1CC(C)Cc2ccccc21)C(=O)O. The summed E-state index contributed by atoms with van der Waals surface area (Å²) in [6.07, 6.45) is 1.99. The molecule has 0 spiro atoms. The quantitative estimate of drug-likeness (QED) is 0.845.